The molecule has 0 bridgehead atoms. The topological polar surface area (TPSA) is 46.9 Å². The molecule has 1 unspecified atom stereocenters. The van der Waals surface area contributed by atoms with Gasteiger partial charge in [0.05, 0.1) is 5.25 Å². The van der Waals surface area contributed by atoms with Gasteiger partial charge in [-0.3, -0.25) is 4.79 Å². The number of aryl methyl sites for hydroxylation is 1. The lowest BCUT2D eigenvalue weighted by molar-refractivity contribution is -0.120. The zero-order valence-corrected chi connectivity index (χ0v) is 11.9. The molecule has 0 spiro atoms. The minimum absolute atomic E-state index is 0.0249. The van der Waals surface area contributed by atoms with Crippen LogP contribution in [0, 0.1) is 0 Å². The molecular weight excluding hydrogens is 258 g/mol. The summed E-state index contributed by atoms with van der Waals surface area (Å²) < 4.78 is 1.91. The van der Waals surface area contributed by atoms with Crippen molar-refractivity contribution in [2.24, 2.45) is 7.05 Å². The second kappa shape index (κ2) is 6.43. The lowest BCUT2D eigenvalue weighted by Gasteiger charge is -2.11. The number of aromatic nitrogens is 2. The van der Waals surface area contributed by atoms with Gasteiger partial charge in [0.1, 0.15) is 0 Å². The first-order valence-electron chi connectivity index (χ1n) is 6.12. The molecule has 0 aliphatic heterocycles. The third-order valence-electron chi connectivity index (χ3n) is 2.74. The molecule has 4 nitrogen and oxygen atoms in total. The van der Waals surface area contributed by atoms with Gasteiger partial charge in [-0.1, -0.05) is 42.1 Å². The molecule has 0 saturated carbocycles. The Morgan fingerprint density at radius 1 is 1.42 bits per heavy atom. The number of thioether (sulfide) groups is 1. The Balaban J connectivity index is 1.84. The van der Waals surface area contributed by atoms with Crippen LogP contribution in [0.3, 0.4) is 0 Å². The molecule has 5 heteroatoms. The summed E-state index contributed by atoms with van der Waals surface area (Å²) in [5.74, 6) is 0.0249. The fraction of sp³-hybridized carbons (Fsp3) is 0.286. The predicted molar refractivity (Wildman–Crippen MR) is 76.8 cm³/mol. The number of rotatable bonds is 5. The van der Waals surface area contributed by atoms with Crippen LogP contribution in [-0.2, 0) is 18.4 Å². The van der Waals surface area contributed by atoms with Crippen LogP contribution in [0.15, 0.2) is 47.9 Å². The lowest BCUT2D eigenvalue weighted by Crippen LogP contribution is -2.30. The predicted octanol–water partition coefficient (Wildman–Crippen LogP) is 2.22. The van der Waals surface area contributed by atoms with E-state index < -0.39 is 0 Å². The van der Waals surface area contributed by atoms with Gasteiger partial charge in [-0.15, -0.1) is 0 Å². The van der Waals surface area contributed by atoms with Crippen LogP contribution >= 0.6 is 11.8 Å². The van der Waals surface area contributed by atoms with Crippen molar-refractivity contribution in [3.05, 3.63) is 48.3 Å². The van der Waals surface area contributed by atoms with Gasteiger partial charge in [0.2, 0.25) is 5.91 Å². The van der Waals surface area contributed by atoms with Crippen LogP contribution in [0.1, 0.15) is 12.5 Å². The Bertz CT molecular complexity index is 539. The molecule has 0 saturated heterocycles. The fourth-order valence-corrected chi connectivity index (χ4v) is 2.46. The Morgan fingerprint density at radius 3 is 2.79 bits per heavy atom. The third-order valence-corrected chi connectivity index (χ3v) is 3.91. The molecule has 1 amide bonds. The third kappa shape index (κ3) is 3.86. The highest BCUT2D eigenvalue weighted by molar-refractivity contribution is 8.00. The average molecular weight is 275 g/mol. The highest BCUT2D eigenvalue weighted by Crippen LogP contribution is 2.20. The maximum absolute atomic E-state index is 12.0. The molecule has 0 fully saturated rings. The fourth-order valence-electron chi connectivity index (χ4n) is 1.61. The summed E-state index contributed by atoms with van der Waals surface area (Å²) in [6.07, 6.45) is 3.61. The lowest BCUT2D eigenvalue weighted by atomic mass is 10.2. The number of amides is 1. The van der Waals surface area contributed by atoms with E-state index in [1.165, 1.54) is 11.8 Å². The standard InChI is InChI=1S/C14H17N3OS/c1-11(19-14-15-8-9-17(14)2)13(18)16-10-12-6-4-3-5-7-12/h3-9,11H,10H2,1-2H3,(H,16,18). The Kier molecular flexibility index (Phi) is 4.63. The maximum Gasteiger partial charge on any atom is 0.233 e. The second-order valence-corrected chi connectivity index (χ2v) is 5.59. The number of hydrogen-bond donors (Lipinski definition) is 1. The number of benzene rings is 1. The van der Waals surface area contributed by atoms with Crippen molar-refractivity contribution < 1.29 is 4.79 Å². The summed E-state index contributed by atoms with van der Waals surface area (Å²) in [7, 11) is 1.92. The van der Waals surface area contributed by atoms with Crippen molar-refractivity contribution >= 4 is 17.7 Å². The van der Waals surface area contributed by atoms with Crippen LogP contribution in [0.2, 0.25) is 0 Å². The minimum atomic E-state index is -0.162. The van der Waals surface area contributed by atoms with E-state index in [2.05, 4.69) is 10.3 Å². The number of imidazole rings is 1. The maximum atomic E-state index is 12.0. The summed E-state index contributed by atoms with van der Waals surface area (Å²) in [5.41, 5.74) is 1.10. The van der Waals surface area contributed by atoms with E-state index in [1.54, 1.807) is 6.20 Å². The molecule has 2 aromatic rings. The first-order valence-corrected chi connectivity index (χ1v) is 7.00. The van der Waals surface area contributed by atoms with Crippen molar-refractivity contribution in [2.45, 2.75) is 23.9 Å². The van der Waals surface area contributed by atoms with Gasteiger partial charge < -0.3 is 9.88 Å². The first-order chi connectivity index (χ1) is 9.16. The number of carbonyl (C=O) groups is 1. The van der Waals surface area contributed by atoms with E-state index in [4.69, 9.17) is 0 Å². The summed E-state index contributed by atoms with van der Waals surface area (Å²) in [6.45, 7) is 2.45. The molecule has 19 heavy (non-hydrogen) atoms. The van der Waals surface area contributed by atoms with Crippen molar-refractivity contribution in [3.8, 4) is 0 Å². The molecular formula is C14H17N3OS. The van der Waals surface area contributed by atoms with Crippen LogP contribution in [0.25, 0.3) is 0 Å². The van der Waals surface area contributed by atoms with E-state index >= 15 is 0 Å². The molecule has 1 atom stereocenters. The molecule has 0 aliphatic rings. The normalized spacial score (nSPS) is 12.1. The van der Waals surface area contributed by atoms with Crippen molar-refractivity contribution in [1.29, 1.82) is 0 Å². The molecule has 100 valence electrons. The second-order valence-electron chi connectivity index (χ2n) is 4.28. The molecule has 0 aliphatic carbocycles. The van der Waals surface area contributed by atoms with Crippen LogP contribution in [-0.4, -0.2) is 20.7 Å². The zero-order valence-electron chi connectivity index (χ0n) is 11.0. The van der Waals surface area contributed by atoms with Crippen LogP contribution in [0.5, 0.6) is 0 Å². The minimum Gasteiger partial charge on any atom is -0.351 e. The zero-order chi connectivity index (χ0) is 13.7. The van der Waals surface area contributed by atoms with Gasteiger partial charge in [0.25, 0.3) is 0 Å². The smallest absolute Gasteiger partial charge is 0.233 e. The Labute approximate surface area is 117 Å². The van der Waals surface area contributed by atoms with Gasteiger partial charge in [-0.2, -0.15) is 0 Å². The summed E-state index contributed by atoms with van der Waals surface area (Å²) in [5, 5.41) is 3.62. The van der Waals surface area contributed by atoms with E-state index in [1.807, 2.05) is 55.1 Å². The van der Waals surface area contributed by atoms with Gasteiger partial charge in [-0.05, 0) is 12.5 Å². The number of hydrogen-bond acceptors (Lipinski definition) is 3. The van der Waals surface area contributed by atoms with Crippen molar-refractivity contribution in [1.82, 2.24) is 14.9 Å². The molecule has 2 rings (SSSR count). The Hall–Kier alpha value is -1.75. The highest BCUT2D eigenvalue weighted by Gasteiger charge is 2.16. The summed E-state index contributed by atoms with van der Waals surface area (Å²) in [6, 6.07) is 9.89. The first kappa shape index (κ1) is 13.7. The molecule has 1 aromatic heterocycles. The number of nitrogens with zero attached hydrogens (tertiary/aromatic N) is 2. The van der Waals surface area contributed by atoms with Crippen molar-refractivity contribution in [2.75, 3.05) is 0 Å². The van der Waals surface area contributed by atoms with Crippen LogP contribution in [0.4, 0.5) is 0 Å². The number of carbonyl (C=O) groups excluding carboxylic acids is 1. The molecule has 0 radical (unpaired) electrons. The molecule has 1 N–H and O–H groups in total. The SMILES string of the molecule is CC(Sc1nccn1C)C(=O)NCc1ccccc1. The van der Waals surface area contributed by atoms with E-state index in [-0.39, 0.29) is 11.2 Å². The monoisotopic (exact) mass is 275 g/mol. The van der Waals surface area contributed by atoms with E-state index in [0.29, 0.717) is 6.54 Å². The molecule has 1 heterocycles. The van der Waals surface area contributed by atoms with Gasteiger partial charge in [0.15, 0.2) is 5.16 Å². The van der Waals surface area contributed by atoms with Gasteiger partial charge in [-0.25, -0.2) is 4.98 Å². The largest absolute Gasteiger partial charge is 0.351 e. The highest BCUT2D eigenvalue weighted by atomic mass is 32.2. The average Bonchev–Trinajstić information content (AvgIpc) is 2.82. The number of nitrogens with one attached hydrogen (secondary N) is 1. The van der Waals surface area contributed by atoms with Gasteiger partial charge >= 0.3 is 0 Å². The Morgan fingerprint density at radius 2 is 2.16 bits per heavy atom. The summed E-state index contributed by atoms with van der Waals surface area (Å²) >= 11 is 1.46. The van der Waals surface area contributed by atoms with Gasteiger partial charge in [0, 0.05) is 26.0 Å². The van der Waals surface area contributed by atoms with E-state index in [9.17, 15) is 4.79 Å². The summed E-state index contributed by atoms with van der Waals surface area (Å²) in [4.78, 5) is 16.2. The molecule has 1 aromatic carbocycles. The van der Waals surface area contributed by atoms with E-state index in [0.717, 1.165) is 10.7 Å². The van der Waals surface area contributed by atoms with Crippen LogP contribution < -0.4 is 5.32 Å². The quantitative estimate of drug-likeness (QED) is 0.851. The van der Waals surface area contributed by atoms with Crippen molar-refractivity contribution in [3.63, 3.8) is 0 Å².